The summed E-state index contributed by atoms with van der Waals surface area (Å²) in [5.74, 6) is 6.18. The molecule has 0 atom stereocenters. The maximum absolute atomic E-state index is 5.50. The topological polar surface area (TPSA) is 70.8 Å². The Morgan fingerprint density at radius 3 is 3.20 bits per heavy atom. The van der Waals surface area contributed by atoms with Crippen LogP contribution >= 0.6 is 0 Å². The van der Waals surface area contributed by atoms with Crippen molar-refractivity contribution in [3.63, 3.8) is 0 Å². The minimum absolute atomic E-state index is 0.573. The first-order valence-corrected chi connectivity index (χ1v) is 2.84. The first kappa shape index (κ1) is 6.76. The van der Waals surface area contributed by atoms with Gasteiger partial charge in [0.15, 0.2) is 5.82 Å². The summed E-state index contributed by atoms with van der Waals surface area (Å²) in [6.07, 6.45) is 3.24. The van der Waals surface area contributed by atoms with Gasteiger partial charge in [-0.2, -0.15) is 0 Å². The molecule has 0 fully saturated rings. The fraction of sp³-hybridized carbons (Fsp3) is 0.200. The molecule has 0 spiro atoms. The van der Waals surface area contributed by atoms with Gasteiger partial charge in [-0.25, -0.2) is 10.9 Å². The average molecular weight is 139 g/mol. The molecule has 10 heavy (non-hydrogen) atoms. The number of aromatic nitrogens is 3. The molecule has 0 aliphatic rings. The molecule has 5 nitrogen and oxygen atoms in total. The maximum Gasteiger partial charge on any atom is 0.159 e. The van der Waals surface area contributed by atoms with Gasteiger partial charge in [0.2, 0.25) is 0 Å². The van der Waals surface area contributed by atoms with Crippen LogP contribution in [0.4, 0.5) is 5.82 Å². The van der Waals surface area contributed by atoms with E-state index in [4.69, 9.17) is 5.84 Å². The summed E-state index contributed by atoms with van der Waals surface area (Å²) in [6.45, 7) is 4.11. The first-order chi connectivity index (χ1) is 4.84. The number of nitrogens with two attached hydrogens (primary N) is 1. The Hall–Kier alpha value is -1.36. The number of aromatic amines is 1. The molecule has 1 heterocycles. The molecule has 0 unspecified atom stereocenters. The van der Waals surface area contributed by atoms with Crippen LogP contribution in [0.1, 0.15) is 0 Å². The van der Waals surface area contributed by atoms with E-state index in [2.05, 4.69) is 22.0 Å². The highest BCUT2D eigenvalue weighted by atomic mass is 15.5. The highest BCUT2D eigenvalue weighted by Gasteiger charge is 1.98. The molecular weight excluding hydrogens is 130 g/mol. The third-order valence-corrected chi connectivity index (χ3v) is 1.04. The number of anilines is 1. The first-order valence-electron chi connectivity index (χ1n) is 2.84. The van der Waals surface area contributed by atoms with Crippen LogP contribution in [0.25, 0.3) is 0 Å². The Bertz CT molecular complexity index is 192. The molecule has 0 radical (unpaired) electrons. The summed E-state index contributed by atoms with van der Waals surface area (Å²) >= 11 is 0. The van der Waals surface area contributed by atoms with Gasteiger partial charge in [0.25, 0.3) is 0 Å². The second-order valence-corrected chi connectivity index (χ2v) is 1.78. The molecule has 1 aromatic heterocycles. The highest BCUT2D eigenvalue weighted by molar-refractivity contribution is 5.31. The van der Waals surface area contributed by atoms with Crippen molar-refractivity contribution in [2.75, 3.05) is 11.6 Å². The number of hydrazine groups is 1. The molecule has 0 aliphatic carbocycles. The summed E-state index contributed by atoms with van der Waals surface area (Å²) in [6, 6.07) is 0. The lowest BCUT2D eigenvalue weighted by atomic mass is 10.6. The van der Waals surface area contributed by atoms with Crippen LogP contribution in [-0.4, -0.2) is 22.0 Å². The Morgan fingerprint density at radius 1 is 1.90 bits per heavy atom. The van der Waals surface area contributed by atoms with Gasteiger partial charge in [-0.1, -0.05) is 11.3 Å². The fourth-order valence-electron chi connectivity index (χ4n) is 0.568. The Labute approximate surface area is 58.5 Å². The van der Waals surface area contributed by atoms with Crippen LogP contribution in [0.5, 0.6) is 0 Å². The van der Waals surface area contributed by atoms with E-state index >= 15 is 0 Å². The standard InChI is InChI=1S/C5H9N5/c1-2-3-10(6)5-4-7-9-8-5/h2,4H,1,3,6H2,(H,7,8,9). The quantitative estimate of drug-likeness (QED) is 0.342. The molecule has 0 aromatic carbocycles. The Morgan fingerprint density at radius 2 is 2.70 bits per heavy atom. The van der Waals surface area contributed by atoms with E-state index in [0.29, 0.717) is 12.4 Å². The van der Waals surface area contributed by atoms with Crippen LogP contribution in [-0.2, 0) is 0 Å². The van der Waals surface area contributed by atoms with Crippen molar-refractivity contribution in [1.82, 2.24) is 15.4 Å². The highest BCUT2D eigenvalue weighted by Crippen LogP contribution is 1.99. The summed E-state index contributed by atoms with van der Waals surface area (Å²) in [7, 11) is 0. The van der Waals surface area contributed by atoms with Crippen molar-refractivity contribution in [2.45, 2.75) is 0 Å². The van der Waals surface area contributed by atoms with E-state index in [1.165, 1.54) is 5.01 Å². The van der Waals surface area contributed by atoms with E-state index < -0.39 is 0 Å². The minimum atomic E-state index is 0.573. The van der Waals surface area contributed by atoms with Crippen molar-refractivity contribution in [3.05, 3.63) is 18.9 Å². The van der Waals surface area contributed by atoms with E-state index in [1.54, 1.807) is 12.3 Å². The van der Waals surface area contributed by atoms with Crippen molar-refractivity contribution in [3.8, 4) is 0 Å². The predicted molar refractivity (Wildman–Crippen MR) is 38.1 cm³/mol. The summed E-state index contributed by atoms with van der Waals surface area (Å²) in [4.78, 5) is 0. The molecule has 0 saturated carbocycles. The van der Waals surface area contributed by atoms with Crippen LogP contribution < -0.4 is 10.9 Å². The van der Waals surface area contributed by atoms with E-state index in [0.717, 1.165) is 0 Å². The summed E-state index contributed by atoms with van der Waals surface area (Å²) < 4.78 is 0. The lowest BCUT2D eigenvalue weighted by Crippen LogP contribution is -2.30. The van der Waals surface area contributed by atoms with Crippen LogP contribution in [0, 0.1) is 0 Å². The van der Waals surface area contributed by atoms with Gasteiger partial charge in [-0.3, -0.25) is 5.01 Å². The molecule has 54 valence electrons. The van der Waals surface area contributed by atoms with E-state index in [1.807, 2.05) is 0 Å². The van der Waals surface area contributed by atoms with Crippen LogP contribution in [0.15, 0.2) is 18.9 Å². The van der Waals surface area contributed by atoms with Gasteiger partial charge in [0.1, 0.15) is 0 Å². The Balaban J connectivity index is 2.58. The second kappa shape index (κ2) is 2.98. The number of rotatable bonds is 3. The summed E-state index contributed by atoms with van der Waals surface area (Å²) in [5.41, 5.74) is 0. The molecule has 0 saturated heterocycles. The van der Waals surface area contributed by atoms with Crippen LogP contribution in [0.2, 0.25) is 0 Å². The third kappa shape index (κ3) is 1.32. The van der Waals surface area contributed by atoms with E-state index in [9.17, 15) is 0 Å². The van der Waals surface area contributed by atoms with Crippen molar-refractivity contribution >= 4 is 5.82 Å². The van der Waals surface area contributed by atoms with Crippen molar-refractivity contribution in [2.24, 2.45) is 5.84 Å². The SMILES string of the molecule is C=CCN(N)c1cnn[nH]1. The lowest BCUT2D eigenvalue weighted by molar-refractivity contribution is 0.880. The monoisotopic (exact) mass is 139 g/mol. The van der Waals surface area contributed by atoms with E-state index in [-0.39, 0.29) is 0 Å². The third-order valence-electron chi connectivity index (χ3n) is 1.04. The average Bonchev–Trinajstić information content (AvgIpc) is 2.38. The van der Waals surface area contributed by atoms with Gasteiger partial charge in [0.05, 0.1) is 12.7 Å². The molecular formula is C5H9N5. The predicted octanol–water partition coefficient (Wildman–Crippen LogP) is -0.329. The smallest absolute Gasteiger partial charge is 0.159 e. The number of hydrogen-bond acceptors (Lipinski definition) is 4. The second-order valence-electron chi connectivity index (χ2n) is 1.78. The summed E-state index contributed by atoms with van der Waals surface area (Å²) in [5, 5.41) is 11.1. The molecule has 1 rings (SSSR count). The van der Waals surface area contributed by atoms with Gasteiger partial charge >= 0.3 is 0 Å². The molecule has 5 heteroatoms. The number of H-pyrrole nitrogens is 1. The zero-order valence-corrected chi connectivity index (χ0v) is 5.49. The van der Waals surface area contributed by atoms with Gasteiger partial charge in [-0.05, 0) is 0 Å². The zero-order valence-electron chi connectivity index (χ0n) is 5.49. The Kier molecular flexibility index (Phi) is 2.01. The molecule has 0 aliphatic heterocycles. The van der Waals surface area contributed by atoms with Crippen molar-refractivity contribution < 1.29 is 0 Å². The molecule has 0 bridgehead atoms. The zero-order chi connectivity index (χ0) is 7.40. The normalized spacial score (nSPS) is 9.30. The lowest BCUT2D eigenvalue weighted by Gasteiger charge is -2.11. The van der Waals surface area contributed by atoms with Gasteiger partial charge in [0, 0.05) is 0 Å². The van der Waals surface area contributed by atoms with Crippen molar-refractivity contribution in [1.29, 1.82) is 0 Å². The van der Waals surface area contributed by atoms with Gasteiger partial charge in [-0.15, -0.1) is 11.7 Å². The maximum atomic E-state index is 5.50. The molecule has 3 N–H and O–H groups in total. The van der Waals surface area contributed by atoms with Crippen LogP contribution in [0.3, 0.4) is 0 Å². The molecule has 1 aromatic rings. The van der Waals surface area contributed by atoms with Gasteiger partial charge < -0.3 is 0 Å². The number of hydrogen-bond donors (Lipinski definition) is 2. The number of nitrogens with one attached hydrogen (secondary N) is 1. The fourth-order valence-corrected chi connectivity index (χ4v) is 0.568. The minimum Gasteiger partial charge on any atom is -0.290 e. The number of nitrogens with zero attached hydrogens (tertiary/aromatic N) is 3. The molecule has 0 amide bonds. The largest absolute Gasteiger partial charge is 0.290 e.